The average Bonchev–Trinajstić information content (AvgIpc) is 0.929. The number of esters is 4. The number of carbonyl (C=O) groups is 4. The van der Waals surface area contributed by atoms with Gasteiger partial charge in [0.25, 0.3) is 0 Å². The molecule has 107 heavy (non-hydrogen) atoms. The third kappa shape index (κ3) is 80.5. The van der Waals surface area contributed by atoms with Crippen LogP contribution in [-0.2, 0) is 65.4 Å². The Bertz CT molecular complexity index is 2080. The Balaban J connectivity index is 5.22. The zero-order chi connectivity index (χ0) is 78.8. The van der Waals surface area contributed by atoms with Crippen molar-refractivity contribution in [3.05, 3.63) is 0 Å². The molecule has 4 unspecified atom stereocenters. The van der Waals surface area contributed by atoms with Crippen molar-refractivity contribution in [3.63, 3.8) is 0 Å². The van der Waals surface area contributed by atoms with Gasteiger partial charge in [0, 0.05) is 25.7 Å². The van der Waals surface area contributed by atoms with Crippen molar-refractivity contribution in [1.29, 1.82) is 0 Å². The van der Waals surface area contributed by atoms with Gasteiger partial charge in [-0.15, -0.1) is 0 Å². The first-order valence-corrected chi connectivity index (χ1v) is 48.2. The Morgan fingerprint density at radius 2 is 0.449 bits per heavy atom. The Morgan fingerprint density at radius 3 is 0.664 bits per heavy atom. The summed E-state index contributed by atoms with van der Waals surface area (Å²) in [6, 6.07) is 0. The van der Waals surface area contributed by atoms with Gasteiger partial charge in [0.2, 0.25) is 0 Å². The van der Waals surface area contributed by atoms with Crippen molar-refractivity contribution in [2.75, 3.05) is 39.6 Å². The maximum absolute atomic E-state index is 13.2. The third-order valence-electron chi connectivity index (χ3n) is 20.9. The van der Waals surface area contributed by atoms with E-state index in [0.29, 0.717) is 31.6 Å². The molecular weight excluding hydrogens is 1390 g/mol. The van der Waals surface area contributed by atoms with E-state index in [1.165, 1.54) is 257 Å². The van der Waals surface area contributed by atoms with Crippen LogP contribution in [-0.4, -0.2) is 96.7 Å². The lowest BCUT2D eigenvalue weighted by Crippen LogP contribution is -2.30. The molecule has 0 radical (unpaired) electrons. The molecular formula is C88H172O17P2. The molecule has 0 aromatic carbocycles. The van der Waals surface area contributed by atoms with Gasteiger partial charge in [-0.25, -0.2) is 9.13 Å². The van der Waals surface area contributed by atoms with Crippen LogP contribution in [0.1, 0.15) is 460 Å². The summed E-state index contributed by atoms with van der Waals surface area (Å²) in [4.78, 5) is 73.3. The number of phosphoric acid groups is 2. The first kappa shape index (κ1) is 105. The second-order valence-corrected chi connectivity index (χ2v) is 36.2. The predicted octanol–water partition coefficient (Wildman–Crippen LogP) is 26.7. The van der Waals surface area contributed by atoms with Crippen LogP contribution in [0.4, 0.5) is 0 Å². The minimum absolute atomic E-state index is 0.107. The Hall–Kier alpha value is -1.94. The number of phosphoric ester groups is 2. The predicted molar refractivity (Wildman–Crippen MR) is 441 cm³/mol. The fourth-order valence-electron chi connectivity index (χ4n) is 13.6. The second-order valence-electron chi connectivity index (χ2n) is 33.3. The normalized spacial score (nSPS) is 14.1. The van der Waals surface area contributed by atoms with Gasteiger partial charge in [0.1, 0.15) is 19.3 Å². The Labute approximate surface area is 658 Å². The first-order chi connectivity index (χ1) is 51.6. The summed E-state index contributed by atoms with van der Waals surface area (Å²) in [5, 5.41) is 10.7. The number of carbonyl (C=O) groups excluding carboxylic acids is 4. The molecule has 0 aliphatic heterocycles. The molecule has 0 heterocycles. The van der Waals surface area contributed by atoms with Gasteiger partial charge in [0.05, 0.1) is 26.4 Å². The molecule has 0 saturated carbocycles. The van der Waals surface area contributed by atoms with E-state index in [1.807, 2.05) is 0 Å². The molecule has 0 spiro atoms. The van der Waals surface area contributed by atoms with E-state index < -0.39 is 97.5 Å². The van der Waals surface area contributed by atoms with E-state index in [0.717, 1.165) is 114 Å². The summed E-state index contributed by atoms with van der Waals surface area (Å²) in [5.74, 6) is 1.07. The zero-order valence-corrected chi connectivity index (χ0v) is 72.6. The van der Waals surface area contributed by atoms with E-state index >= 15 is 0 Å². The molecule has 636 valence electrons. The lowest BCUT2D eigenvalue weighted by molar-refractivity contribution is -0.161. The van der Waals surface area contributed by atoms with E-state index in [9.17, 15) is 43.2 Å². The molecule has 0 fully saturated rings. The van der Waals surface area contributed by atoms with Crippen molar-refractivity contribution in [1.82, 2.24) is 0 Å². The zero-order valence-electron chi connectivity index (χ0n) is 70.8. The first-order valence-electron chi connectivity index (χ1n) is 45.2. The SMILES string of the molecule is CCC(C)CCCCCCCCCCCCCCCCC(=O)O[C@H](COC(=O)CCCCCCCCCC(C)C)COP(=O)(O)OCC(O)COP(=O)(O)OC[C@@H](COC(=O)CCCCCCCCCCCCCCCCCCCCC(C)C)OC(=O)CCCCCCCCCCCCCCCCCC(C)C. The van der Waals surface area contributed by atoms with Gasteiger partial charge in [-0.3, -0.25) is 37.3 Å². The van der Waals surface area contributed by atoms with Crippen LogP contribution in [0.5, 0.6) is 0 Å². The maximum atomic E-state index is 13.2. The van der Waals surface area contributed by atoms with E-state index in [-0.39, 0.29) is 25.7 Å². The van der Waals surface area contributed by atoms with Crippen molar-refractivity contribution >= 4 is 39.5 Å². The highest BCUT2D eigenvalue weighted by molar-refractivity contribution is 7.47. The van der Waals surface area contributed by atoms with Crippen LogP contribution in [0.15, 0.2) is 0 Å². The van der Waals surface area contributed by atoms with Crippen molar-refractivity contribution in [2.24, 2.45) is 23.7 Å². The molecule has 3 N–H and O–H groups in total. The lowest BCUT2D eigenvalue weighted by Gasteiger charge is -2.21. The molecule has 0 aliphatic carbocycles. The lowest BCUT2D eigenvalue weighted by atomic mass is 9.99. The minimum atomic E-state index is -4.97. The van der Waals surface area contributed by atoms with Crippen LogP contribution in [0.3, 0.4) is 0 Å². The second kappa shape index (κ2) is 76.7. The Morgan fingerprint density at radius 1 is 0.262 bits per heavy atom. The molecule has 0 saturated heterocycles. The topological polar surface area (TPSA) is 237 Å². The van der Waals surface area contributed by atoms with E-state index in [4.69, 9.17) is 37.0 Å². The molecule has 0 aliphatic rings. The van der Waals surface area contributed by atoms with Gasteiger partial charge in [-0.2, -0.15) is 0 Å². The number of aliphatic hydroxyl groups is 1. The number of hydrogen-bond donors (Lipinski definition) is 3. The van der Waals surface area contributed by atoms with Gasteiger partial charge < -0.3 is 33.8 Å². The van der Waals surface area contributed by atoms with Crippen LogP contribution >= 0.6 is 15.6 Å². The number of ether oxygens (including phenoxy) is 4. The highest BCUT2D eigenvalue weighted by atomic mass is 31.2. The van der Waals surface area contributed by atoms with Gasteiger partial charge in [-0.1, -0.05) is 409 Å². The maximum Gasteiger partial charge on any atom is 0.472 e. The fourth-order valence-corrected chi connectivity index (χ4v) is 15.2. The summed E-state index contributed by atoms with van der Waals surface area (Å²) >= 11 is 0. The van der Waals surface area contributed by atoms with Gasteiger partial charge >= 0.3 is 39.5 Å². The Kier molecular flexibility index (Phi) is 75.3. The molecule has 19 heteroatoms. The summed E-state index contributed by atoms with van der Waals surface area (Å²) in [6.07, 6.45) is 66.7. The monoisotopic (exact) mass is 1560 g/mol. The van der Waals surface area contributed by atoms with Crippen LogP contribution < -0.4 is 0 Å². The highest BCUT2D eigenvalue weighted by Gasteiger charge is 2.31. The minimum Gasteiger partial charge on any atom is -0.462 e. The number of hydrogen-bond acceptors (Lipinski definition) is 15. The van der Waals surface area contributed by atoms with Crippen LogP contribution in [0.25, 0.3) is 0 Å². The van der Waals surface area contributed by atoms with Gasteiger partial charge in [0.15, 0.2) is 12.2 Å². The fraction of sp³-hybridized carbons (Fsp3) is 0.955. The molecule has 0 amide bonds. The summed E-state index contributed by atoms with van der Waals surface area (Å²) in [5.41, 5.74) is 0. The highest BCUT2D eigenvalue weighted by Crippen LogP contribution is 2.45. The smallest absolute Gasteiger partial charge is 0.462 e. The van der Waals surface area contributed by atoms with E-state index in [2.05, 4.69) is 55.4 Å². The summed E-state index contributed by atoms with van der Waals surface area (Å²) in [7, 11) is -9.93. The third-order valence-corrected chi connectivity index (χ3v) is 22.8. The molecule has 0 rings (SSSR count). The molecule has 6 atom stereocenters. The van der Waals surface area contributed by atoms with Gasteiger partial charge in [-0.05, 0) is 49.4 Å². The summed E-state index contributed by atoms with van der Waals surface area (Å²) < 4.78 is 68.9. The summed E-state index contributed by atoms with van der Waals surface area (Å²) in [6.45, 7) is 14.4. The van der Waals surface area contributed by atoms with Crippen LogP contribution in [0, 0.1) is 23.7 Å². The molecule has 17 nitrogen and oxygen atoms in total. The van der Waals surface area contributed by atoms with Crippen molar-refractivity contribution < 1.29 is 80.2 Å². The molecule has 0 bridgehead atoms. The van der Waals surface area contributed by atoms with E-state index in [1.54, 1.807) is 0 Å². The molecule has 0 aromatic rings. The van der Waals surface area contributed by atoms with Crippen molar-refractivity contribution in [2.45, 2.75) is 478 Å². The molecule has 0 aromatic heterocycles. The quantitative estimate of drug-likeness (QED) is 0.0222. The largest absolute Gasteiger partial charge is 0.472 e. The van der Waals surface area contributed by atoms with Crippen molar-refractivity contribution in [3.8, 4) is 0 Å². The number of unbranched alkanes of at least 4 members (excludes halogenated alkanes) is 50. The van der Waals surface area contributed by atoms with Crippen LogP contribution in [0.2, 0.25) is 0 Å². The number of rotatable bonds is 85. The average molecular weight is 1560 g/mol. The number of aliphatic hydroxyl groups excluding tert-OH is 1. The standard InChI is InChI=1S/C88H172O17P2/c1-9-81(8)67-59-51-43-35-29-23-19-20-26-32-38-46-55-63-71-88(93)105-84(75-99-86(91)69-61-53-47-39-42-50-58-66-80(6)7)77-103-107(96,97)101-73-82(89)72-100-106(94,95)102-76-83(104-87(92)70-62-54-45-37-31-25-18-14-16-22-28-34-41-49-57-65-79(4)5)74-98-85(90)68-60-52-44-36-30-24-17-13-11-10-12-15-21-27-33-40-48-56-64-78(2)3/h78-84,89H,9-77H2,1-8H3,(H,94,95)(H,96,97)/t81?,82?,83-,84-/m1/s1.